The summed E-state index contributed by atoms with van der Waals surface area (Å²) in [4.78, 5) is -0.287. The molecule has 0 unspecified atom stereocenters. The summed E-state index contributed by atoms with van der Waals surface area (Å²) >= 11 is 3.27. The van der Waals surface area contributed by atoms with E-state index in [0.29, 0.717) is 10.2 Å². The molecular weight excluding hydrogens is 347 g/mol. The van der Waals surface area contributed by atoms with Gasteiger partial charge in [-0.25, -0.2) is 12.8 Å². The van der Waals surface area contributed by atoms with Crippen LogP contribution in [0.4, 0.5) is 15.8 Å². The van der Waals surface area contributed by atoms with E-state index >= 15 is 0 Å². The van der Waals surface area contributed by atoms with Crippen molar-refractivity contribution in [3.8, 4) is 0 Å². The largest absolute Gasteiger partial charge is 0.395 e. The monoisotopic (exact) mass is 358 g/mol. The molecule has 7 heteroatoms. The highest BCUT2D eigenvalue weighted by Crippen LogP contribution is 2.28. The summed E-state index contributed by atoms with van der Waals surface area (Å²) in [6, 6.07) is 8.81. The number of hydrogen-bond acceptors (Lipinski definition) is 3. The maximum Gasteiger partial charge on any atom is 0.264 e. The number of benzene rings is 2. The quantitative estimate of drug-likeness (QED) is 0.827. The zero-order chi connectivity index (χ0) is 14.9. The Balaban J connectivity index is 2.44. The number of sulfonamides is 1. The molecule has 2 aromatic carbocycles. The molecule has 0 spiro atoms. The predicted octanol–water partition coefficient (Wildman–Crippen LogP) is 3.28. The number of halogens is 2. The van der Waals surface area contributed by atoms with Gasteiger partial charge in [0.1, 0.15) is 10.7 Å². The zero-order valence-corrected chi connectivity index (χ0v) is 12.9. The molecule has 4 nitrogen and oxygen atoms in total. The topological polar surface area (TPSA) is 72.2 Å². The molecule has 3 N–H and O–H groups in total. The maximum atomic E-state index is 13.4. The Kier molecular flexibility index (Phi) is 4.01. The number of hydrogen-bond donors (Lipinski definition) is 2. The Morgan fingerprint density at radius 2 is 1.95 bits per heavy atom. The molecular formula is C13H12BrFN2O2S. The average molecular weight is 359 g/mol. The summed E-state index contributed by atoms with van der Waals surface area (Å²) in [7, 11) is -3.95. The Hall–Kier alpha value is -1.60. The van der Waals surface area contributed by atoms with Crippen LogP contribution in [0.15, 0.2) is 45.8 Å². The number of nitrogens with one attached hydrogen (secondary N) is 1. The van der Waals surface area contributed by atoms with Crippen molar-refractivity contribution in [2.45, 2.75) is 11.8 Å². The van der Waals surface area contributed by atoms with E-state index < -0.39 is 21.5 Å². The minimum absolute atomic E-state index is 0.287. The fourth-order valence-corrected chi connectivity index (χ4v) is 3.60. The first-order valence-corrected chi connectivity index (χ1v) is 7.92. The van der Waals surface area contributed by atoms with E-state index in [2.05, 4.69) is 20.7 Å². The summed E-state index contributed by atoms with van der Waals surface area (Å²) in [6.07, 6.45) is 0. The van der Waals surface area contributed by atoms with E-state index in [1.165, 1.54) is 12.1 Å². The highest BCUT2D eigenvalue weighted by molar-refractivity contribution is 9.10. The first-order valence-electron chi connectivity index (χ1n) is 5.64. The summed E-state index contributed by atoms with van der Waals surface area (Å²) < 4.78 is 40.8. The average Bonchev–Trinajstić information content (AvgIpc) is 2.36. The van der Waals surface area contributed by atoms with E-state index in [1.807, 2.05) is 6.92 Å². The lowest BCUT2D eigenvalue weighted by molar-refractivity contribution is 0.597. The fraction of sp³-hybridized carbons (Fsp3) is 0.0769. The number of aryl methyl sites for hydroxylation is 1. The molecule has 0 atom stereocenters. The SMILES string of the molecule is Cc1ccc(NS(=O)(=O)c2cccc(F)c2N)c(Br)c1. The standard InChI is InChI=1S/C13H12BrFN2O2S/c1-8-5-6-11(9(14)7-8)17-20(18,19)12-4-2-3-10(15)13(12)16/h2-7,17H,16H2,1H3. The van der Waals surface area contributed by atoms with E-state index in [-0.39, 0.29) is 4.90 Å². The normalized spacial score (nSPS) is 11.3. The van der Waals surface area contributed by atoms with Gasteiger partial charge in [0.15, 0.2) is 0 Å². The van der Waals surface area contributed by atoms with Crippen LogP contribution >= 0.6 is 15.9 Å². The Bertz CT molecular complexity index is 763. The molecule has 0 aromatic heterocycles. The van der Waals surface area contributed by atoms with Crippen molar-refractivity contribution >= 4 is 37.3 Å². The lowest BCUT2D eigenvalue weighted by Gasteiger charge is -2.12. The number of nitrogen functional groups attached to an aromatic ring is 1. The lowest BCUT2D eigenvalue weighted by atomic mass is 10.2. The van der Waals surface area contributed by atoms with Gasteiger partial charge < -0.3 is 5.73 Å². The van der Waals surface area contributed by atoms with Crippen LogP contribution in [0.25, 0.3) is 0 Å². The Morgan fingerprint density at radius 3 is 2.60 bits per heavy atom. The summed E-state index contributed by atoms with van der Waals surface area (Å²) in [5.74, 6) is -0.768. The minimum Gasteiger partial charge on any atom is -0.395 e. The van der Waals surface area contributed by atoms with Crippen LogP contribution in [0.1, 0.15) is 5.56 Å². The number of para-hydroxylation sites is 1. The second-order valence-electron chi connectivity index (χ2n) is 4.24. The second-order valence-corrected chi connectivity index (χ2v) is 6.75. The molecule has 0 aliphatic heterocycles. The molecule has 2 aromatic rings. The van der Waals surface area contributed by atoms with Gasteiger partial charge in [0.2, 0.25) is 0 Å². The third-order valence-corrected chi connectivity index (χ3v) is 4.75. The van der Waals surface area contributed by atoms with Gasteiger partial charge in [0.25, 0.3) is 10.0 Å². The highest BCUT2D eigenvalue weighted by atomic mass is 79.9. The van der Waals surface area contributed by atoms with Crippen LogP contribution in [0.3, 0.4) is 0 Å². The molecule has 0 aliphatic rings. The van der Waals surface area contributed by atoms with Crippen molar-refractivity contribution in [2.24, 2.45) is 0 Å². The molecule has 0 radical (unpaired) electrons. The van der Waals surface area contributed by atoms with E-state index in [1.54, 1.807) is 18.2 Å². The Labute approximate surface area is 125 Å². The summed E-state index contributed by atoms with van der Waals surface area (Å²) in [5.41, 5.74) is 6.42. The molecule has 0 amide bonds. The molecule has 0 bridgehead atoms. The zero-order valence-electron chi connectivity index (χ0n) is 10.5. The molecule has 0 saturated carbocycles. The van der Waals surface area contributed by atoms with Gasteiger partial charge in [-0.05, 0) is 52.7 Å². The van der Waals surface area contributed by atoms with Crippen LogP contribution < -0.4 is 10.5 Å². The van der Waals surface area contributed by atoms with Crippen molar-refractivity contribution in [3.05, 3.63) is 52.3 Å². The van der Waals surface area contributed by atoms with E-state index in [0.717, 1.165) is 11.6 Å². The second kappa shape index (κ2) is 5.41. The molecule has 0 heterocycles. The van der Waals surface area contributed by atoms with Crippen molar-refractivity contribution in [1.29, 1.82) is 0 Å². The third kappa shape index (κ3) is 2.94. The minimum atomic E-state index is -3.95. The molecule has 2 rings (SSSR count). The highest BCUT2D eigenvalue weighted by Gasteiger charge is 2.20. The van der Waals surface area contributed by atoms with E-state index in [9.17, 15) is 12.8 Å². The smallest absolute Gasteiger partial charge is 0.264 e. The van der Waals surface area contributed by atoms with Crippen molar-refractivity contribution in [1.82, 2.24) is 0 Å². The lowest BCUT2D eigenvalue weighted by Crippen LogP contribution is -2.15. The first-order chi connectivity index (χ1) is 9.31. The first kappa shape index (κ1) is 14.8. The molecule has 0 saturated heterocycles. The number of nitrogens with two attached hydrogens (primary N) is 1. The number of rotatable bonds is 3. The molecule has 20 heavy (non-hydrogen) atoms. The Morgan fingerprint density at radius 1 is 1.25 bits per heavy atom. The number of anilines is 2. The summed E-state index contributed by atoms with van der Waals surface area (Å²) in [5, 5.41) is 0. The van der Waals surface area contributed by atoms with Gasteiger partial charge in [-0.2, -0.15) is 0 Å². The molecule has 106 valence electrons. The van der Waals surface area contributed by atoms with Gasteiger partial charge in [0.05, 0.1) is 11.4 Å². The van der Waals surface area contributed by atoms with Gasteiger partial charge in [-0.3, -0.25) is 4.72 Å². The van der Waals surface area contributed by atoms with Crippen LogP contribution in [0.5, 0.6) is 0 Å². The van der Waals surface area contributed by atoms with Crippen LogP contribution in [0, 0.1) is 12.7 Å². The van der Waals surface area contributed by atoms with Crippen LogP contribution in [-0.2, 0) is 10.0 Å². The van der Waals surface area contributed by atoms with Crippen molar-refractivity contribution in [3.63, 3.8) is 0 Å². The van der Waals surface area contributed by atoms with Crippen LogP contribution in [-0.4, -0.2) is 8.42 Å². The van der Waals surface area contributed by atoms with Crippen molar-refractivity contribution < 1.29 is 12.8 Å². The van der Waals surface area contributed by atoms with Gasteiger partial charge in [0, 0.05) is 4.47 Å². The summed E-state index contributed by atoms with van der Waals surface area (Å²) in [6.45, 7) is 1.88. The molecule has 0 aliphatic carbocycles. The predicted molar refractivity (Wildman–Crippen MR) is 80.5 cm³/mol. The fourth-order valence-electron chi connectivity index (χ4n) is 1.65. The van der Waals surface area contributed by atoms with Crippen LogP contribution in [0.2, 0.25) is 0 Å². The van der Waals surface area contributed by atoms with Gasteiger partial charge in [-0.1, -0.05) is 12.1 Å². The van der Waals surface area contributed by atoms with Gasteiger partial charge in [-0.15, -0.1) is 0 Å². The third-order valence-electron chi connectivity index (χ3n) is 2.67. The maximum absolute atomic E-state index is 13.4. The molecule has 0 fully saturated rings. The van der Waals surface area contributed by atoms with Crippen molar-refractivity contribution in [2.75, 3.05) is 10.5 Å². The van der Waals surface area contributed by atoms with E-state index in [4.69, 9.17) is 5.73 Å². The van der Waals surface area contributed by atoms with Gasteiger partial charge >= 0.3 is 0 Å².